The van der Waals surface area contributed by atoms with E-state index in [-0.39, 0.29) is 11.7 Å². The maximum absolute atomic E-state index is 13.0. The van der Waals surface area contributed by atoms with Crippen LogP contribution in [0, 0.1) is 12.7 Å². The lowest BCUT2D eigenvalue weighted by atomic mass is 10.2. The van der Waals surface area contributed by atoms with Gasteiger partial charge in [-0.25, -0.2) is 4.39 Å². The SMILES string of the molecule is Cc1ccc(F)cc1N1CSCC1=O. The second-order valence-corrected chi connectivity index (χ2v) is 4.19. The summed E-state index contributed by atoms with van der Waals surface area (Å²) < 4.78 is 13.0. The molecule has 0 atom stereocenters. The van der Waals surface area contributed by atoms with Crippen LogP contribution < -0.4 is 4.90 Å². The Morgan fingerprint density at radius 3 is 2.93 bits per heavy atom. The number of rotatable bonds is 1. The van der Waals surface area contributed by atoms with Gasteiger partial charge in [-0.1, -0.05) is 6.07 Å². The van der Waals surface area contributed by atoms with E-state index in [0.29, 0.717) is 17.3 Å². The van der Waals surface area contributed by atoms with E-state index in [9.17, 15) is 9.18 Å². The molecule has 0 saturated carbocycles. The zero-order valence-corrected chi connectivity index (χ0v) is 8.60. The number of hydrogen-bond acceptors (Lipinski definition) is 2. The quantitative estimate of drug-likeness (QED) is 0.709. The van der Waals surface area contributed by atoms with E-state index < -0.39 is 0 Å². The zero-order valence-electron chi connectivity index (χ0n) is 7.79. The highest BCUT2D eigenvalue weighted by atomic mass is 32.2. The first kappa shape index (κ1) is 9.52. The molecule has 1 amide bonds. The van der Waals surface area contributed by atoms with Crippen LogP contribution in [0.2, 0.25) is 0 Å². The number of hydrogen-bond donors (Lipinski definition) is 0. The fraction of sp³-hybridized carbons (Fsp3) is 0.300. The molecule has 0 aromatic heterocycles. The van der Waals surface area contributed by atoms with Gasteiger partial charge in [-0.05, 0) is 24.6 Å². The van der Waals surface area contributed by atoms with Gasteiger partial charge in [-0.2, -0.15) is 0 Å². The van der Waals surface area contributed by atoms with Crippen molar-refractivity contribution >= 4 is 23.4 Å². The van der Waals surface area contributed by atoms with Crippen molar-refractivity contribution in [2.45, 2.75) is 6.92 Å². The Kier molecular flexibility index (Phi) is 2.46. The van der Waals surface area contributed by atoms with Gasteiger partial charge in [0.2, 0.25) is 5.91 Å². The average molecular weight is 211 g/mol. The van der Waals surface area contributed by atoms with Crippen LogP contribution in [0.5, 0.6) is 0 Å². The number of carbonyl (C=O) groups is 1. The van der Waals surface area contributed by atoms with Gasteiger partial charge >= 0.3 is 0 Å². The molecule has 1 aromatic rings. The molecule has 2 rings (SSSR count). The molecule has 1 aliphatic heterocycles. The minimum absolute atomic E-state index is 0.0590. The van der Waals surface area contributed by atoms with Crippen LogP contribution in [-0.4, -0.2) is 17.5 Å². The molecule has 1 fully saturated rings. The summed E-state index contributed by atoms with van der Waals surface area (Å²) in [5.74, 6) is 0.887. The molecule has 2 nitrogen and oxygen atoms in total. The van der Waals surface area contributed by atoms with Crippen LogP contribution in [0.25, 0.3) is 0 Å². The highest BCUT2D eigenvalue weighted by molar-refractivity contribution is 8.00. The Morgan fingerprint density at radius 1 is 1.50 bits per heavy atom. The summed E-state index contributed by atoms with van der Waals surface area (Å²) in [6, 6.07) is 4.52. The smallest absolute Gasteiger partial charge is 0.237 e. The van der Waals surface area contributed by atoms with Gasteiger partial charge < -0.3 is 4.90 Å². The third-order valence-corrected chi connectivity index (χ3v) is 3.10. The standard InChI is InChI=1S/C10H10FNOS/c1-7-2-3-8(11)4-9(7)12-6-14-5-10(12)13/h2-4H,5-6H2,1H3. The van der Waals surface area contributed by atoms with Crippen LogP contribution in [0.1, 0.15) is 5.56 Å². The average Bonchev–Trinajstić information content (AvgIpc) is 2.56. The number of thioether (sulfide) groups is 1. The first-order chi connectivity index (χ1) is 6.68. The summed E-state index contributed by atoms with van der Waals surface area (Å²) in [7, 11) is 0. The molecular formula is C10H10FNOS. The Bertz CT molecular complexity index is 380. The maximum Gasteiger partial charge on any atom is 0.237 e. The predicted molar refractivity (Wildman–Crippen MR) is 55.9 cm³/mol. The fourth-order valence-electron chi connectivity index (χ4n) is 1.45. The predicted octanol–water partition coefficient (Wildman–Crippen LogP) is 2.17. The van der Waals surface area contributed by atoms with E-state index in [1.807, 2.05) is 6.92 Å². The van der Waals surface area contributed by atoms with Crippen molar-refractivity contribution in [3.05, 3.63) is 29.6 Å². The number of nitrogens with zero attached hydrogens (tertiary/aromatic N) is 1. The molecule has 0 N–H and O–H groups in total. The summed E-state index contributed by atoms with van der Waals surface area (Å²) in [6.45, 7) is 1.88. The van der Waals surface area contributed by atoms with Gasteiger partial charge in [-0.3, -0.25) is 4.79 Å². The van der Waals surface area contributed by atoms with E-state index in [1.54, 1.807) is 22.7 Å². The number of aryl methyl sites for hydroxylation is 1. The summed E-state index contributed by atoms with van der Waals surface area (Å²) in [6.07, 6.45) is 0. The molecule has 1 heterocycles. The third kappa shape index (κ3) is 1.62. The Labute approximate surface area is 86.1 Å². The normalized spacial score (nSPS) is 16.4. The van der Waals surface area contributed by atoms with Crippen molar-refractivity contribution in [1.82, 2.24) is 0 Å². The van der Waals surface area contributed by atoms with Crippen LogP contribution in [-0.2, 0) is 4.79 Å². The number of anilines is 1. The molecule has 14 heavy (non-hydrogen) atoms. The molecule has 0 radical (unpaired) electrons. The van der Waals surface area contributed by atoms with Crippen LogP contribution in [0.3, 0.4) is 0 Å². The van der Waals surface area contributed by atoms with Gasteiger partial charge in [0, 0.05) is 0 Å². The summed E-state index contributed by atoms with van der Waals surface area (Å²) in [4.78, 5) is 13.0. The topological polar surface area (TPSA) is 20.3 Å². The van der Waals surface area contributed by atoms with Crippen molar-refractivity contribution in [3.8, 4) is 0 Å². The maximum atomic E-state index is 13.0. The van der Waals surface area contributed by atoms with E-state index in [1.165, 1.54) is 12.1 Å². The molecular weight excluding hydrogens is 201 g/mol. The first-order valence-corrected chi connectivity index (χ1v) is 5.48. The number of halogens is 1. The van der Waals surface area contributed by atoms with Crippen LogP contribution in [0.4, 0.5) is 10.1 Å². The van der Waals surface area contributed by atoms with E-state index in [0.717, 1.165) is 5.56 Å². The summed E-state index contributed by atoms with van der Waals surface area (Å²) in [5, 5.41) is 0. The lowest BCUT2D eigenvalue weighted by molar-refractivity contribution is -0.115. The summed E-state index contributed by atoms with van der Waals surface area (Å²) in [5.41, 5.74) is 1.63. The molecule has 0 spiro atoms. The Morgan fingerprint density at radius 2 is 2.29 bits per heavy atom. The second-order valence-electron chi connectivity index (χ2n) is 3.23. The van der Waals surface area contributed by atoms with Crippen molar-refractivity contribution in [2.75, 3.05) is 16.5 Å². The highest BCUT2D eigenvalue weighted by Crippen LogP contribution is 2.27. The lowest BCUT2D eigenvalue weighted by Gasteiger charge is -2.17. The highest BCUT2D eigenvalue weighted by Gasteiger charge is 2.23. The number of benzene rings is 1. The van der Waals surface area contributed by atoms with E-state index >= 15 is 0 Å². The zero-order chi connectivity index (χ0) is 10.1. The minimum Gasteiger partial charge on any atom is -0.302 e. The second kappa shape index (κ2) is 3.61. The monoisotopic (exact) mass is 211 g/mol. The van der Waals surface area contributed by atoms with E-state index in [2.05, 4.69) is 0 Å². The van der Waals surface area contributed by atoms with Gasteiger partial charge in [-0.15, -0.1) is 11.8 Å². The van der Waals surface area contributed by atoms with Crippen molar-refractivity contribution in [3.63, 3.8) is 0 Å². The molecule has 74 valence electrons. The molecule has 1 aromatic carbocycles. The van der Waals surface area contributed by atoms with Crippen LogP contribution in [0.15, 0.2) is 18.2 Å². The molecule has 0 unspecified atom stereocenters. The van der Waals surface area contributed by atoms with Gasteiger partial charge in [0.1, 0.15) is 5.82 Å². The molecule has 0 aliphatic carbocycles. The van der Waals surface area contributed by atoms with Gasteiger partial charge in [0.05, 0.1) is 17.3 Å². The third-order valence-electron chi connectivity index (χ3n) is 2.21. The van der Waals surface area contributed by atoms with Crippen molar-refractivity contribution < 1.29 is 9.18 Å². The molecule has 4 heteroatoms. The molecule has 1 saturated heterocycles. The number of amides is 1. The molecule has 0 bridgehead atoms. The lowest BCUT2D eigenvalue weighted by Crippen LogP contribution is -2.25. The van der Waals surface area contributed by atoms with Crippen molar-refractivity contribution in [1.29, 1.82) is 0 Å². The first-order valence-electron chi connectivity index (χ1n) is 4.33. The Hall–Kier alpha value is -1.03. The Balaban J connectivity index is 2.39. The van der Waals surface area contributed by atoms with Gasteiger partial charge in [0.25, 0.3) is 0 Å². The van der Waals surface area contributed by atoms with Crippen molar-refractivity contribution in [2.24, 2.45) is 0 Å². The van der Waals surface area contributed by atoms with Crippen LogP contribution >= 0.6 is 11.8 Å². The number of carbonyl (C=O) groups excluding carboxylic acids is 1. The summed E-state index contributed by atoms with van der Waals surface area (Å²) >= 11 is 1.55. The fourth-order valence-corrected chi connectivity index (χ4v) is 2.34. The van der Waals surface area contributed by atoms with Gasteiger partial charge in [0.15, 0.2) is 0 Å². The molecule has 1 aliphatic rings. The van der Waals surface area contributed by atoms with E-state index in [4.69, 9.17) is 0 Å². The largest absolute Gasteiger partial charge is 0.302 e. The minimum atomic E-state index is -0.296.